The molecular weight excluding hydrogens is 396 g/mol. The van der Waals surface area contributed by atoms with Crippen LogP contribution in [0.4, 0.5) is 5.69 Å². The van der Waals surface area contributed by atoms with Gasteiger partial charge in [0.25, 0.3) is 0 Å². The number of hydrogen-bond donors (Lipinski definition) is 2. The molecule has 0 spiro atoms. The van der Waals surface area contributed by atoms with E-state index in [9.17, 15) is 0 Å². The average molecular weight is 422 g/mol. The van der Waals surface area contributed by atoms with E-state index in [1.807, 2.05) is 12.1 Å². The number of aromatic nitrogens is 1. The van der Waals surface area contributed by atoms with E-state index in [4.69, 9.17) is 29.5 Å². The van der Waals surface area contributed by atoms with E-state index in [0.717, 1.165) is 35.6 Å². The van der Waals surface area contributed by atoms with Crippen molar-refractivity contribution in [2.24, 2.45) is 0 Å². The molecule has 0 amide bonds. The Morgan fingerprint density at radius 2 is 1.71 bits per heavy atom. The SMILES string of the molecule is Cc1cccc(OCc2ccc3c(N4CCCC4)cc(C)nc3c2)c1.O=C(O)C(=O)O. The maximum atomic E-state index is 9.10. The minimum absolute atomic E-state index is 0.564. The first-order chi connectivity index (χ1) is 14.8. The smallest absolute Gasteiger partial charge is 0.414 e. The van der Waals surface area contributed by atoms with Gasteiger partial charge in [-0.3, -0.25) is 4.98 Å². The molecule has 1 fully saturated rings. The van der Waals surface area contributed by atoms with Crippen LogP contribution in [0.5, 0.6) is 5.75 Å². The van der Waals surface area contributed by atoms with Crippen LogP contribution in [-0.2, 0) is 16.2 Å². The fourth-order valence-electron chi connectivity index (χ4n) is 3.57. The van der Waals surface area contributed by atoms with Crippen LogP contribution in [0.15, 0.2) is 48.5 Å². The molecule has 1 saturated heterocycles. The first kappa shape index (κ1) is 22.1. The maximum absolute atomic E-state index is 9.10. The summed E-state index contributed by atoms with van der Waals surface area (Å²) in [7, 11) is 0. The largest absolute Gasteiger partial charge is 0.489 e. The van der Waals surface area contributed by atoms with Crippen LogP contribution in [-0.4, -0.2) is 40.2 Å². The van der Waals surface area contributed by atoms with E-state index in [-0.39, 0.29) is 0 Å². The van der Waals surface area contributed by atoms with E-state index in [0.29, 0.717) is 6.61 Å². The quantitative estimate of drug-likeness (QED) is 0.608. The molecule has 0 bridgehead atoms. The maximum Gasteiger partial charge on any atom is 0.414 e. The van der Waals surface area contributed by atoms with Crippen LogP contribution in [0.3, 0.4) is 0 Å². The Labute approximate surface area is 180 Å². The third-order valence-corrected chi connectivity index (χ3v) is 5.01. The van der Waals surface area contributed by atoms with Gasteiger partial charge in [0, 0.05) is 29.9 Å². The predicted molar refractivity (Wildman–Crippen MR) is 119 cm³/mol. The molecule has 0 radical (unpaired) electrons. The van der Waals surface area contributed by atoms with E-state index < -0.39 is 11.9 Å². The van der Waals surface area contributed by atoms with Crippen molar-refractivity contribution in [2.45, 2.75) is 33.3 Å². The van der Waals surface area contributed by atoms with Crippen LogP contribution in [0.1, 0.15) is 29.7 Å². The van der Waals surface area contributed by atoms with Crippen molar-refractivity contribution in [2.75, 3.05) is 18.0 Å². The van der Waals surface area contributed by atoms with Crippen molar-refractivity contribution in [1.82, 2.24) is 4.98 Å². The van der Waals surface area contributed by atoms with Gasteiger partial charge in [-0.1, -0.05) is 24.3 Å². The number of ether oxygens (including phenoxy) is 1. The van der Waals surface area contributed by atoms with Crippen molar-refractivity contribution in [3.05, 3.63) is 65.4 Å². The van der Waals surface area contributed by atoms with Gasteiger partial charge in [0.1, 0.15) is 12.4 Å². The number of carbonyl (C=O) groups is 2. The highest BCUT2D eigenvalue weighted by atomic mass is 16.5. The second kappa shape index (κ2) is 9.93. The van der Waals surface area contributed by atoms with Crippen LogP contribution in [0, 0.1) is 13.8 Å². The van der Waals surface area contributed by atoms with E-state index in [1.54, 1.807) is 0 Å². The molecule has 4 rings (SSSR count). The zero-order valence-electron chi connectivity index (χ0n) is 17.7. The molecule has 0 atom stereocenters. The summed E-state index contributed by atoms with van der Waals surface area (Å²) in [6, 6.07) is 16.9. The Bertz CT molecular complexity index is 1080. The van der Waals surface area contributed by atoms with Gasteiger partial charge >= 0.3 is 11.9 Å². The van der Waals surface area contributed by atoms with Crippen LogP contribution in [0.25, 0.3) is 10.9 Å². The van der Waals surface area contributed by atoms with Crippen molar-refractivity contribution >= 4 is 28.5 Å². The molecule has 0 saturated carbocycles. The second-order valence-corrected chi connectivity index (χ2v) is 7.54. The third kappa shape index (κ3) is 5.94. The lowest BCUT2D eigenvalue weighted by Gasteiger charge is -2.20. The Morgan fingerprint density at radius 1 is 1.00 bits per heavy atom. The van der Waals surface area contributed by atoms with Crippen molar-refractivity contribution in [1.29, 1.82) is 0 Å². The molecule has 0 aliphatic carbocycles. The second-order valence-electron chi connectivity index (χ2n) is 7.54. The van der Waals surface area contributed by atoms with E-state index in [2.05, 4.69) is 55.1 Å². The van der Waals surface area contributed by atoms with Crippen molar-refractivity contribution in [3.8, 4) is 5.75 Å². The van der Waals surface area contributed by atoms with Gasteiger partial charge in [-0.2, -0.15) is 0 Å². The normalized spacial score (nSPS) is 12.9. The predicted octanol–water partition coefficient (Wildman–Crippen LogP) is 4.19. The summed E-state index contributed by atoms with van der Waals surface area (Å²) in [4.78, 5) is 25.4. The van der Waals surface area contributed by atoms with Gasteiger partial charge in [0.05, 0.1) is 5.52 Å². The molecule has 7 heteroatoms. The van der Waals surface area contributed by atoms with Crippen molar-refractivity contribution in [3.63, 3.8) is 0 Å². The van der Waals surface area contributed by atoms with Crippen LogP contribution in [0.2, 0.25) is 0 Å². The number of anilines is 1. The first-order valence-corrected chi connectivity index (χ1v) is 10.1. The minimum atomic E-state index is -1.82. The number of carboxylic acids is 2. The lowest BCUT2D eigenvalue weighted by Crippen LogP contribution is -2.18. The summed E-state index contributed by atoms with van der Waals surface area (Å²) in [5.41, 5.74) is 5.83. The Hall–Kier alpha value is -3.61. The number of pyridine rings is 1. The molecule has 0 unspecified atom stereocenters. The van der Waals surface area contributed by atoms with Crippen molar-refractivity contribution < 1.29 is 24.5 Å². The van der Waals surface area contributed by atoms with Gasteiger partial charge in [0.2, 0.25) is 0 Å². The summed E-state index contributed by atoms with van der Waals surface area (Å²) >= 11 is 0. The summed E-state index contributed by atoms with van der Waals surface area (Å²) < 4.78 is 5.94. The number of aliphatic carboxylic acids is 2. The molecule has 3 aromatic rings. The average Bonchev–Trinajstić information content (AvgIpc) is 3.26. The highest BCUT2D eigenvalue weighted by Gasteiger charge is 2.16. The zero-order valence-corrected chi connectivity index (χ0v) is 17.7. The Kier molecular flexibility index (Phi) is 7.07. The molecule has 2 aromatic carbocycles. The number of nitrogens with zero attached hydrogens (tertiary/aromatic N) is 2. The Morgan fingerprint density at radius 3 is 2.35 bits per heavy atom. The molecule has 7 nitrogen and oxygen atoms in total. The fraction of sp³-hybridized carbons (Fsp3) is 0.292. The van der Waals surface area contributed by atoms with Gasteiger partial charge < -0.3 is 19.8 Å². The van der Waals surface area contributed by atoms with Gasteiger partial charge in [-0.15, -0.1) is 0 Å². The summed E-state index contributed by atoms with van der Waals surface area (Å²) in [5.74, 6) is -2.74. The molecule has 1 aliphatic rings. The fourth-order valence-corrected chi connectivity index (χ4v) is 3.57. The van der Waals surface area contributed by atoms with E-state index in [1.165, 1.54) is 29.5 Å². The monoisotopic (exact) mass is 422 g/mol. The Balaban J connectivity index is 0.000000401. The molecule has 1 aliphatic heterocycles. The third-order valence-electron chi connectivity index (χ3n) is 5.01. The van der Waals surface area contributed by atoms with Crippen LogP contribution < -0.4 is 9.64 Å². The number of aryl methyl sites for hydroxylation is 2. The molecular formula is C24H26N2O5. The van der Waals surface area contributed by atoms with E-state index >= 15 is 0 Å². The van der Waals surface area contributed by atoms with Gasteiger partial charge in [0.15, 0.2) is 0 Å². The summed E-state index contributed by atoms with van der Waals surface area (Å²) in [6.45, 7) is 7.02. The number of carboxylic acid groups (broad SMARTS) is 2. The number of hydrogen-bond acceptors (Lipinski definition) is 5. The standard InChI is InChI=1S/C22H24N2O.C2H2O4/c1-16-6-5-7-19(12-16)25-15-18-8-9-20-21(14-18)23-17(2)13-22(20)24-10-3-4-11-24;3-1(4)2(5)6/h5-9,12-14H,3-4,10-11,15H2,1-2H3;(H,3,4)(H,5,6). The number of rotatable bonds is 4. The summed E-state index contributed by atoms with van der Waals surface area (Å²) in [6.07, 6.45) is 2.57. The van der Waals surface area contributed by atoms with Crippen LogP contribution >= 0.6 is 0 Å². The molecule has 2 heterocycles. The zero-order chi connectivity index (χ0) is 22.4. The highest BCUT2D eigenvalue weighted by molar-refractivity contribution is 6.27. The summed E-state index contributed by atoms with van der Waals surface area (Å²) in [5, 5.41) is 16.0. The number of fused-ring (bicyclic) bond motifs is 1. The van der Waals surface area contributed by atoms with Gasteiger partial charge in [-0.25, -0.2) is 9.59 Å². The molecule has 1 aromatic heterocycles. The minimum Gasteiger partial charge on any atom is -0.489 e. The highest BCUT2D eigenvalue weighted by Crippen LogP contribution is 2.30. The lowest BCUT2D eigenvalue weighted by molar-refractivity contribution is -0.159. The van der Waals surface area contributed by atoms with Gasteiger partial charge in [-0.05, 0) is 62.1 Å². The lowest BCUT2D eigenvalue weighted by atomic mass is 10.1. The molecule has 162 valence electrons. The first-order valence-electron chi connectivity index (χ1n) is 10.1. The molecule has 2 N–H and O–H groups in total. The topological polar surface area (TPSA) is 100.0 Å². The molecule has 31 heavy (non-hydrogen) atoms. The number of benzene rings is 2.